The van der Waals surface area contributed by atoms with Crippen LogP contribution in [0.4, 0.5) is 0 Å². The van der Waals surface area contributed by atoms with E-state index in [4.69, 9.17) is 4.98 Å². The minimum Gasteiger partial charge on any atom is -1.00 e. The average Bonchev–Trinajstić information content (AvgIpc) is 2.73. The van der Waals surface area contributed by atoms with Crippen molar-refractivity contribution in [2.45, 2.75) is 13.5 Å². The van der Waals surface area contributed by atoms with Crippen molar-refractivity contribution < 1.29 is 22.9 Å². The molecule has 2 aromatic heterocycles. The van der Waals surface area contributed by atoms with Gasteiger partial charge in [0, 0.05) is 35.2 Å². The lowest BCUT2D eigenvalue weighted by molar-refractivity contribution is -0.386. The van der Waals surface area contributed by atoms with Gasteiger partial charge in [0.05, 0.1) is 17.8 Å². The molecule has 0 aliphatic heterocycles. The van der Waals surface area contributed by atoms with E-state index in [2.05, 4.69) is 47.1 Å². The number of hydrogen-bond donors (Lipinski definition) is 1. The van der Waals surface area contributed by atoms with Crippen molar-refractivity contribution >= 4 is 16.7 Å². The number of fused-ring (bicyclic) bond motifs is 1. The lowest BCUT2D eigenvalue weighted by atomic mass is 9.96. The third kappa shape index (κ3) is 3.65. The number of aromatic nitrogens is 2. The Kier molecular flexibility index (Phi) is 5.83. The van der Waals surface area contributed by atoms with Gasteiger partial charge < -0.3 is 18.1 Å². The van der Waals surface area contributed by atoms with E-state index in [0.717, 1.165) is 39.8 Å². The van der Waals surface area contributed by atoms with Gasteiger partial charge in [0.25, 0.3) is 0 Å². The van der Waals surface area contributed by atoms with Gasteiger partial charge in [-0.1, -0.05) is 54.6 Å². The molecule has 0 bridgehead atoms. The van der Waals surface area contributed by atoms with Crippen LogP contribution in [-0.4, -0.2) is 15.8 Å². The van der Waals surface area contributed by atoms with Crippen LogP contribution in [0, 0.1) is 0 Å². The van der Waals surface area contributed by atoms with Crippen LogP contribution in [0.2, 0.25) is 0 Å². The molecule has 2 heterocycles. The highest BCUT2D eigenvalue weighted by atomic mass is 35.5. The van der Waals surface area contributed by atoms with E-state index in [1.807, 2.05) is 30.3 Å². The van der Waals surface area contributed by atoms with Gasteiger partial charge in [0.1, 0.15) is 5.69 Å². The van der Waals surface area contributed by atoms with Crippen molar-refractivity contribution in [2.75, 3.05) is 0 Å². The monoisotopic (exact) mass is 389 g/mol. The quantitative estimate of drug-likeness (QED) is 0.527. The second-order valence-electron chi connectivity index (χ2n) is 6.48. The molecule has 3 N–H and O–H groups in total. The predicted molar refractivity (Wildman–Crippen MR) is 107 cm³/mol. The molecule has 4 aromatic rings. The normalized spacial score (nSPS) is 10.5. The van der Waals surface area contributed by atoms with Gasteiger partial charge in [0.2, 0.25) is 0 Å². The maximum Gasteiger partial charge on any atom is 0.178 e. The van der Waals surface area contributed by atoms with E-state index in [1.54, 1.807) is 6.20 Å². The fourth-order valence-electron chi connectivity index (χ4n) is 3.26. The Morgan fingerprint density at radius 3 is 2.32 bits per heavy atom. The summed E-state index contributed by atoms with van der Waals surface area (Å²) in [6, 6.07) is 22.3. The summed E-state index contributed by atoms with van der Waals surface area (Å²) < 4.78 is 0. The molecule has 28 heavy (non-hydrogen) atoms. The fourth-order valence-corrected chi connectivity index (χ4v) is 3.26. The van der Waals surface area contributed by atoms with Crippen molar-refractivity contribution in [1.82, 2.24) is 9.97 Å². The van der Waals surface area contributed by atoms with Crippen molar-refractivity contribution in [2.24, 2.45) is 0 Å². The Morgan fingerprint density at radius 1 is 0.964 bits per heavy atom. The van der Waals surface area contributed by atoms with E-state index >= 15 is 0 Å². The number of halogens is 1. The van der Waals surface area contributed by atoms with Gasteiger partial charge in [-0.15, -0.1) is 0 Å². The van der Waals surface area contributed by atoms with Crippen LogP contribution >= 0.6 is 0 Å². The molecule has 140 valence electrons. The summed E-state index contributed by atoms with van der Waals surface area (Å²) >= 11 is 0. The zero-order valence-electron chi connectivity index (χ0n) is 15.5. The fraction of sp³-hybridized carbons (Fsp3) is 0.0870. The molecule has 0 aliphatic rings. The molecule has 0 amide bonds. The van der Waals surface area contributed by atoms with Crippen LogP contribution in [0.25, 0.3) is 33.3 Å². The van der Waals surface area contributed by atoms with E-state index in [0.29, 0.717) is 5.69 Å². The molecule has 5 heteroatoms. The van der Waals surface area contributed by atoms with Gasteiger partial charge in [0.15, 0.2) is 5.78 Å². The Balaban J connectivity index is 0.00000225. The van der Waals surface area contributed by atoms with Crippen molar-refractivity contribution in [1.29, 1.82) is 0 Å². The molecule has 0 radical (unpaired) electrons. The van der Waals surface area contributed by atoms with Gasteiger partial charge in [-0.05, 0) is 17.7 Å². The molecule has 0 spiro atoms. The van der Waals surface area contributed by atoms with Gasteiger partial charge in [-0.25, -0.2) is 4.98 Å². The number of pyridine rings is 2. The van der Waals surface area contributed by atoms with E-state index in [9.17, 15) is 4.79 Å². The van der Waals surface area contributed by atoms with Crippen LogP contribution < -0.4 is 18.1 Å². The van der Waals surface area contributed by atoms with Crippen LogP contribution in [0.15, 0.2) is 72.9 Å². The first-order chi connectivity index (χ1) is 13.2. The van der Waals surface area contributed by atoms with Crippen molar-refractivity contribution in [3.8, 4) is 22.4 Å². The van der Waals surface area contributed by atoms with Crippen LogP contribution in [0.5, 0.6) is 0 Å². The highest BCUT2D eigenvalue weighted by molar-refractivity contribution is 6.06. The number of ketones is 1. The smallest absolute Gasteiger partial charge is 0.178 e. The van der Waals surface area contributed by atoms with Gasteiger partial charge in [-0.3, -0.25) is 9.78 Å². The van der Waals surface area contributed by atoms with E-state index in [1.165, 1.54) is 12.5 Å². The van der Waals surface area contributed by atoms with E-state index < -0.39 is 0 Å². The topological polar surface area (TPSA) is 70.5 Å². The molecule has 4 nitrogen and oxygen atoms in total. The second kappa shape index (κ2) is 8.30. The molecule has 2 aromatic carbocycles. The minimum absolute atomic E-state index is 0. The summed E-state index contributed by atoms with van der Waals surface area (Å²) in [5.41, 5.74) is 10.3. The number of nitrogens with zero attached hydrogens (tertiary/aromatic N) is 2. The zero-order valence-corrected chi connectivity index (χ0v) is 16.3. The first kappa shape index (κ1) is 19.7. The van der Waals surface area contributed by atoms with Crippen LogP contribution in [0.1, 0.15) is 23.0 Å². The maximum atomic E-state index is 12.0. The Bertz CT molecular complexity index is 1130. The lowest BCUT2D eigenvalue weighted by Crippen LogP contribution is -3.00. The second-order valence-corrected chi connectivity index (χ2v) is 6.48. The summed E-state index contributed by atoms with van der Waals surface area (Å²) in [5.74, 6) is -0.0611. The molecular formula is C23H20ClN3O. The summed E-state index contributed by atoms with van der Waals surface area (Å²) in [7, 11) is 0. The summed E-state index contributed by atoms with van der Waals surface area (Å²) in [4.78, 5) is 21.2. The zero-order chi connectivity index (χ0) is 18.8. The maximum absolute atomic E-state index is 12.0. The third-order valence-corrected chi connectivity index (χ3v) is 4.68. The third-order valence-electron chi connectivity index (χ3n) is 4.68. The summed E-state index contributed by atoms with van der Waals surface area (Å²) in [6.45, 7) is 2.29. The largest absolute Gasteiger partial charge is 1.00 e. The van der Waals surface area contributed by atoms with Crippen molar-refractivity contribution in [3.05, 3.63) is 84.2 Å². The number of quaternary nitrogens is 1. The highest BCUT2D eigenvalue weighted by Gasteiger charge is 2.15. The summed E-state index contributed by atoms with van der Waals surface area (Å²) in [5, 5.41) is 0.780. The Hall–Kier alpha value is -3.08. The lowest BCUT2D eigenvalue weighted by Gasteiger charge is -2.13. The first-order valence-corrected chi connectivity index (χ1v) is 8.92. The Morgan fingerprint density at radius 2 is 1.68 bits per heavy atom. The van der Waals surface area contributed by atoms with Crippen molar-refractivity contribution in [3.63, 3.8) is 0 Å². The van der Waals surface area contributed by atoms with Crippen LogP contribution in [-0.2, 0) is 6.54 Å². The number of rotatable bonds is 4. The molecule has 0 unspecified atom stereocenters. The molecule has 0 aliphatic carbocycles. The number of carbonyl (C=O) groups is 1. The molecule has 0 saturated heterocycles. The SMILES string of the molecule is CC(=O)c1nccc2nc(-c3ccc(C[NH3+])cc3)c(-c3ccccc3)cc12.[Cl-]. The average molecular weight is 390 g/mol. The number of hydrogen-bond acceptors (Lipinski definition) is 3. The summed E-state index contributed by atoms with van der Waals surface area (Å²) in [6.07, 6.45) is 1.64. The number of Topliss-reactive ketones (excluding diaryl/α,β-unsaturated/α-hetero) is 1. The first-order valence-electron chi connectivity index (χ1n) is 8.92. The molecular weight excluding hydrogens is 370 g/mol. The molecule has 0 fully saturated rings. The van der Waals surface area contributed by atoms with Crippen LogP contribution in [0.3, 0.4) is 0 Å². The number of carbonyl (C=O) groups excluding carboxylic acids is 1. The highest BCUT2D eigenvalue weighted by Crippen LogP contribution is 2.34. The van der Waals surface area contributed by atoms with E-state index in [-0.39, 0.29) is 18.2 Å². The standard InChI is InChI=1S/C23H19N3O.ClH/c1-15(27)22-20-13-19(17-5-3-2-4-6-17)23(26-21(20)11-12-25-22)18-9-7-16(14-24)8-10-18;/h2-13H,14,24H2,1H3;1H. The van der Waals surface area contributed by atoms with Gasteiger partial charge >= 0.3 is 0 Å². The Labute approximate surface area is 169 Å². The van der Waals surface area contributed by atoms with Gasteiger partial charge in [-0.2, -0.15) is 0 Å². The minimum atomic E-state index is -0.0611. The molecule has 0 atom stereocenters. The molecule has 0 saturated carbocycles. The predicted octanol–water partition coefficient (Wildman–Crippen LogP) is 0.912. The molecule has 4 rings (SSSR count). The number of benzene rings is 2.